The van der Waals surface area contributed by atoms with Gasteiger partial charge in [0.2, 0.25) is 5.91 Å². The monoisotopic (exact) mass is 419 g/mol. The van der Waals surface area contributed by atoms with Crippen LogP contribution in [-0.4, -0.2) is 19.6 Å². The molecule has 3 aromatic rings. The molecule has 0 atom stereocenters. The molecule has 5 heteroatoms. The summed E-state index contributed by atoms with van der Waals surface area (Å²) in [6, 6.07) is 25.8. The Morgan fingerprint density at radius 3 is 1.77 bits per heavy atom. The van der Waals surface area contributed by atoms with Gasteiger partial charge in [0, 0.05) is 5.69 Å². The van der Waals surface area contributed by atoms with Crippen molar-refractivity contribution in [2.75, 3.05) is 5.32 Å². The molecule has 30 heavy (non-hydrogen) atoms. The van der Waals surface area contributed by atoms with E-state index in [0.29, 0.717) is 10.6 Å². The molecule has 4 rings (SSSR count). The molecule has 1 fully saturated rings. The predicted octanol–water partition coefficient (Wildman–Crippen LogP) is 5.17. The van der Waals surface area contributed by atoms with Gasteiger partial charge in [-0.3, -0.25) is 4.79 Å². The molecule has 0 heterocycles. The summed E-state index contributed by atoms with van der Waals surface area (Å²) >= 11 is 0. The molecule has 0 spiro atoms. The highest BCUT2D eigenvalue weighted by atomic mass is 32.2. The topological polar surface area (TPSA) is 63.2 Å². The molecule has 1 N–H and O–H groups in total. The third-order valence-corrected chi connectivity index (χ3v) is 8.00. The summed E-state index contributed by atoms with van der Waals surface area (Å²) in [5.74, 6) is -0.604. The van der Waals surface area contributed by atoms with Crippen LogP contribution in [0.4, 0.5) is 5.69 Å². The van der Waals surface area contributed by atoms with Crippen LogP contribution < -0.4 is 5.32 Å². The van der Waals surface area contributed by atoms with E-state index in [9.17, 15) is 13.2 Å². The van der Waals surface area contributed by atoms with E-state index in [-0.39, 0.29) is 11.2 Å². The Kier molecular flexibility index (Phi) is 6.00. The number of amides is 1. The second-order valence-corrected chi connectivity index (χ2v) is 9.95. The summed E-state index contributed by atoms with van der Waals surface area (Å²) in [6.45, 7) is 0. The van der Waals surface area contributed by atoms with Gasteiger partial charge in [0.05, 0.1) is 16.1 Å². The molecule has 0 aromatic heterocycles. The Balaban J connectivity index is 1.56. The van der Waals surface area contributed by atoms with Crippen LogP contribution in [0.5, 0.6) is 0 Å². The second kappa shape index (κ2) is 8.84. The van der Waals surface area contributed by atoms with E-state index in [0.717, 1.165) is 36.8 Å². The van der Waals surface area contributed by atoms with Crippen molar-refractivity contribution in [3.05, 3.63) is 96.1 Å². The minimum absolute atomic E-state index is 0.154. The lowest BCUT2D eigenvalue weighted by atomic mass is 9.90. The van der Waals surface area contributed by atoms with Crippen LogP contribution in [0.25, 0.3) is 0 Å². The van der Waals surface area contributed by atoms with Gasteiger partial charge < -0.3 is 5.32 Å². The van der Waals surface area contributed by atoms with E-state index < -0.39 is 15.8 Å². The van der Waals surface area contributed by atoms with Crippen molar-refractivity contribution < 1.29 is 13.2 Å². The zero-order chi connectivity index (χ0) is 21.0. The van der Waals surface area contributed by atoms with Gasteiger partial charge in [0.25, 0.3) is 0 Å². The molecule has 0 radical (unpaired) electrons. The van der Waals surface area contributed by atoms with E-state index in [1.54, 1.807) is 24.3 Å². The highest BCUT2D eigenvalue weighted by Gasteiger charge is 2.30. The predicted molar refractivity (Wildman–Crippen MR) is 119 cm³/mol. The van der Waals surface area contributed by atoms with Gasteiger partial charge in [-0.05, 0) is 48.2 Å². The number of anilines is 1. The summed E-state index contributed by atoms with van der Waals surface area (Å²) in [5.41, 5.74) is 2.39. The molecule has 3 aromatic carbocycles. The standard InChI is InChI=1S/C25H25NO3S/c27-25(24(19-9-3-1-4-10-19)20-11-5-2-6-12-20)26-21-15-17-23(18-16-21)30(28,29)22-13-7-8-14-22/h1-6,9-12,15-18,22,24H,7-8,13-14H2,(H,26,27). The first-order valence-electron chi connectivity index (χ1n) is 10.3. The first-order chi connectivity index (χ1) is 14.6. The first kappa shape index (κ1) is 20.4. The lowest BCUT2D eigenvalue weighted by molar-refractivity contribution is -0.116. The fourth-order valence-corrected chi connectivity index (χ4v) is 5.97. The number of hydrogen-bond donors (Lipinski definition) is 1. The Labute approximate surface area is 177 Å². The quantitative estimate of drug-likeness (QED) is 0.599. The lowest BCUT2D eigenvalue weighted by Crippen LogP contribution is -2.22. The largest absolute Gasteiger partial charge is 0.325 e. The number of rotatable bonds is 6. The van der Waals surface area contributed by atoms with Gasteiger partial charge in [0.1, 0.15) is 0 Å². The Hall–Kier alpha value is -2.92. The van der Waals surface area contributed by atoms with E-state index in [4.69, 9.17) is 0 Å². The summed E-state index contributed by atoms with van der Waals surface area (Å²) in [7, 11) is -3.30. The maximum absolute atomic E-state index is 13.2. The second-order valence-electron chi connectivity index (χ2n) is 7.72. The maximum atomic E-state index is 13.2. The fourth-order valence-electron chi connectivity index (χ4n) is 4.12. The third-order valence-electron chi connectivity index (χ3n) is 5.72. The Bertz CT molecular complexity index is 1050. The molecule has 4 nitrogen and oxygen atoms in total. The van der Waals surface area contributed by atoms with Gasteiger partial charge in [-0.2, -0.15) is 0 Å². The molecule has 1 aliphatic rings. The SMILES string of the molecule is O=C(Nc1ccc(S(=O)(=O)C2CCCC2)cc1)C(c1ccccc1)c1ccccc1. The van der Waals surface area contributed by atoms with Gasteiger partial charge in [-0.15, -0.1) is 0 Å². The molecule has 0 bridgehead atoms. The summed E-state index contributed by atoms with van der Waals surface area (Å²) in [5, 5.41) is 2.67. The average molecular weight is 420 g/mol. The van der Waals surface area contributed by atoms with Crippen LogP contribution in [0.3, 0.4) is 0 Å². The molecular weight excluding hydrogens is 394 g/mol. The summed E-state index contributed by atoms with van der Waals surface area (Å²) in [4.78, 5) is 13.5. The van der Waals surface area contributed by atoms with Crippen molar-refractivity contribution in [2.24, 2.45) is 0 Å². The third kappa shape index (κ3) is 4.31. The first-order valence-corrected chi connectivity index (χ1v) is 11.8. The molecule has 0 unspecified atom stereocenters. The van der Waals surface area contributed by atoms with Crippen molar-refractivity contribution in [1.82, 2.24) is 0 Å². The van der Waals surface area contributed by atoms with Crippen molar-refractivity contribution in [3.63, 3.8) is 0 Å². The number of carbonyl (C=O) groups is 1. The van der Waals surface area contributed by atoms with Crippen molar-refractivity contribution in [1.29, 1.82) is 0 Å². The Morgan fingerprint density at radius 1 is 0.767 bits per heavy atom. The summed E-state index contributed by atoms with van der Waals surface area (Å²) < 4.78 is 25.5. The highest BCUT2D eigenvalue weighted by Crippen LogP contribution is 2.31. The molecule has 1 saturated carbocycles. The number of hydrogen-bond acceptors (Lipinski definition) is 3. The zero-order valence-corrected chi connectivity index (χ0v) is 17.5. The van der Waals surface area contributed by atoms with Crippen LogP contribution in [-0.2, 0) is 14.6 Å². The van der Waals surface area contributed by atoms with E-state index in [1.165, 1.54) is 0 Å². The van der Waals surface area contributed by atoms with Crippen LogP contribution in [0.2, 0.25) is 0 Å². The molecule has 1 amide bonds. The van der Waals surface area contributed by atoms with Gasteiger partial charge >= 0.3 is 0 Å². The number of carbonyl (C=O) groups excluding carboxylic acids is 1. The highest BCUT2D eigenvalue weighted by molar-refractivity contribution is 7.92. The zero-order valence-electron chi connectivity index (χ0n) is 16.7. The minimum Gasteiger partial charge on any atom is -0.325 e. The van der Waals surface area contributed by atoms with E-state index in [2.05, 4.69) is 5.32 Å². The number of benzene rings is 3. The normalized spacial score (nSPS) is 14.7. The summed E-state index contributed by atoms with van der Waals surface area (Å²) in [6.07, 6.45) is 3.41. The van der Waals surface area contributed by atoms with E-state index >= 15 is 0 Å². The number of sulfone groups is 1. The van der Waals surface area contributed by atoms with E-state index in [1.807, 2.05) is 60.7 Å². The minimum atomic E-state index is -3.30. The van der Waals surface area contributed by atoms with Crippen LogP contribution in [0, 0.1) is 0 Å². The van der Waals surface area contributed by atoms with Crippen molar-refractivity contribution in [2.45, 2.75) is 41.7 Å². The Morgan fingerprint density at radius 2 is 1.27 bits per heavy atom. The molecular formula is C25H25NO3S. The van der Waals surface area contributed by atoms with Gasteiger partial charge in [-0.1, -0.05) is 73.5 Å². The van der Waals surface area contributed by atoms with Crippen molar-refractivity contribution in [3.8, 4) is 0 Å². The van der Waals surface area contributed by atoms with Gasteiger partial charge in [0.15, 0.2) is 9.84 Å². The van der Waals surface area contributed by atoms with Crippen LogP contribution >= 0.6 is 0 Å². The molecule has 0 saturated heterocycles. The van der Waals surface area contributed by atoms with Crippen LogP contribution in [0.15, 0.2) is 89.8 Å². The van der Waals surface area contributed by atoms with Crippen LogP contribution in [0.1, 0.15) is 42.7 Å². The van der Waals surface area contributed by atoms with Crippen molar-refractivity contribution >= 4 is 21.4 Å². The molecule has 0 aliphatic heterocycles. The average Bonchev–Trinajstić information content (AvgIpc) is 3.32. The number of nitrogens with one attached hydrogen (secondary N) is 1. The fraction of sp³-hybridized carbons (Fsp3) is 0.240. The smallest absolute Gasteiger partial charge is 0.236 e. The lowest BCUT2D eigenvalue weighted by Gasteiger charge is -2.18. The molecule has 154 valence electrons. The van der Waals surface area contributed by atoms with Gasteiger partial charge in [-0.25, -0.2) is 8.42 Å². The maximum Gasteiger partial charge on any atom is 0.236 e. The molecule has 1 aliphatic carbocycles.